The van der Waals surface area contributed by atoms with Gasteiger partial charge in [0, 0.05) is 17.8 Å². The van der Waals surface area contributed by atoms with Crippen molar-refractivity contribution in [2.24, 2.45) is 0 Å². The lowest BCUT2D eigenvalue weighted by molar-refractivity contribution is 0.0954. The number of amides is 2. The lowest BCUT2D eigenvalue weighted by Gasteiger charge is -2.07. The summed E-state index contributed by atoms with van der Waals surface area (Å²) in [7, 11) is 0. The second-order valence-corrected chi connectivity index (χ2v) is 5.24. The fourth-order valence-corrected chi connectivity index (χ4v) is 2.61. The largest absolute Gasteiger partial charge is 0.352 e. The topological polar surface area (TPSA) is 58.2 Å². The van der Waals surface area contributed by atoms with Gasteiger partial charge in [-0.1, -0.05) is 6.07 Å². The van der Waals surface area contributed by atoms with E-state index < -0.39 is 0 Å². The molecule has 0 saturated heterocycles. The Hall–Kier alpha value is -2.14. The summed E-state index contributed by atoms with van der Waals surface area (Å²) in [6, 6.07) is 8.82. The Labute approximate surface area is 121 Å². The molecule has 20 heavy (non-hydrogen) atoms. The van der Waals surface area contributed by atoms with Crippen LogP contribution in [0.1, 0.15) is 32.5 Å². The molecule has 0 aliphatic heterocycles. The highest BCUT2D eigenvalue weighted by molar-refractivity contribution is 7.12. The van der Waals surface area contributed by atoms with Gasteiger partial charge in [-0.15, -0.1) is 11.3 Å². The minimum Gasteiger partial charge on any atom is -0.352 e. The summed E-state index contributed by atoms with van der Waals surface area (Å²) in [5.41, 5.74) is 2.10. The fourth-order valence-electron chi connectivity index (χ4n) is 1.79. The van der Waals surface area contributed by atoms with Crippen LogP contribution in [-0.4, -0.2) is 18.4 Å². The maximum absolute atomic E-state index is 12.1. The highest BCUT2D eigenvalue weighted by Gasteiger charge is 2.11. The monoisotopic (exact) mass is 288 g/mol. The van der Waals surface area contributed by atoms with E-state index in [1.54, 1.807) is 24.3 Å². The molecule has 104 valence electrons. The third kappa shape index (κ3) is 3.24. The van der Waals surface area contributed by atoms with Gasteiger partial charge < -0.3 is 10.6 Å². The van der Waals surface area contributed by atoms with Crippen LogP contribution in [0.25, 0.3) is 0 Å². The second-order valence-electron chi connectivity index (χ2n) is 4.33. The quantitative estimate of drug-likeness (QED) is 0.908. The predicted molar refractivity (Wildman–Crippen MR) is 81.5 cm³/mol. The lowest BCUT2D eigenvalue weighted by Crippen LogP contribution is -2.22. The van der Waals surface area contributed by atoms with Gasteiger partial charge in [0.1, 0.15) is 0 Å². The van der Waals surface area contributed by atoms with E-state index in [9.17, 15) is 9.59 Å². The number of nitrogens with one attached hydrogen (secondary N) is 2. The fraction of sp³-hybridized carbons (Fsp3) is 0.200. The number of benzene rings is 1. The molecule has 1 heterocycles. The summed E-state index contributed by atoms with van der Waals surface area (Å²) in [6.07, 6.45) is 0. The SMILES string of the molecule is CCNC(=O)c1cccc(NC(=O)c2sccc2C)c1. The van der Waals surface area contributed by atoms with Crippen LogP contribution in [0.2, 0.25) is 0 Å². The zero-order valence-electron chi connectivity index (χ0n) is 11.4. The molecule has 1 aromatic carbocycles. The van der Waals surface area contributed by atoms with Gasteiger partial charge in [0.25, 0.3) is 11.8 Å². The molecule has 0 bridgehead atoms. The predicted octanol–water partition coefficient (Wildman–Crippen LogP) is 3.06. The van der Waals surface area contributed by atoms with Crippen molar-refractivity contribution in [2.45, 2.75) is 13.8 Å². The Kier molecular flexibility index (Phi) is 4.53. The third-order valence-corrected chi connectivity index (χ3v) is 3.80. The third-order valence-electron chi connectivity index (χ3n) is 2.79. The van der Waals surface area contributed by atoms with Crippen molar-refractivity contribution in [1.82, 2.24) is 5.32 Å². The van der Waals surface area contributed by atoms with E-state index in [4.69, 9.17) is 0 Å². The summed E-state index contributed by atoms with van der Waals surface area (Å²) in [5, 5.41) is 7.43. The van der Waals surface area contributed by atoms with Gasteiger partial charge in [0.15, 0.2) is 0 Å². The molecule has 4 nitrogen and oxygen atoms in total. The molecule has 2 amide bonds. The Morgan fingerprint density at radius 2 is 2.00 bits per heavy atom. The number of hydrogen-bond acceptors (Lipinski definition) is 3. The Bertz CT molecular complexity index is 634. The summed E-state index contributed by atoms with van der Waals surface area (Å²) in [4.78, 5) is 24.5. The van der Waals surface area contributed by atoms with Gasteiger partial charge in [-0.25, -0.2) is 0 Å². The molecular weight excluding hydrogens is 272 g/mol. The molecule has 0 fully saturated rings. The van der Waals surface area contributed by atoms with Gasteiger partial charge in [-0.05, 0) is 49.1 Å². The number of aryl methyl sites for hydroxylation is 1. The van der Waals surface area contributed by atoms with Crippen molar-refractivity contribution < 1.29 is 9.59 Å². The van der Waals surface area contributed by atoms with Crippen LogP contribution in [0.15, 0.2) is 35.7 Å². The van der Waals surface area contributed by atoms with Crippen molar-refractivity contribution in [2.75, 3.05) is 11.9 Å². The number of carbonyl (C=O) groups is 2. The highest BCUT2D eigenvalue weighted by Crippen LogP contribution is 2.18. The Balaban J connectivity index is 2.14. The van der Waals surface area contributed by atoms with Crippen LogP contribution in [0.4, 0.5) is 5.69 Å². The van der Waals surface area contributed by atoms with Gasteiger partial charge in [-0.2, -0.15) is 0 Å². The zero-order valence-corrected chi connectivity index (χ0v) is 12.2. The molecule has 0 spiro atoms. The van der Waals surface area contributed by atoms with Gasteiger partial charge >= 0.3 is 0 Å². The van der Waals surface area contributed by atoms with Crippen LogP contribution in [0.3, 0.4) is 0 Å². The first-order valence-corrected chi connectivity index (χ1v) is 7.23. The van der Waals surface area contributed by atoms with Gasteiger partial charge in [-0.3, -0.25) is 9.59 Å². The molecule has 0 unspecified atom stereocenters. The zero-order chi connectivity index (χ0) is 14.5. The molecule has 0 atom stereocenters. The van der Waals surface area contributed by atoms with E-state index in [2.05, 4.69) is 10.6 Å². The van der Waals surface area contributed by atoms with Crippen molar-refractivity contribution in [3.63, 3.8) is 0 Å². The maximum atomic E-state index is 12.1. The highest BCUT2D eigenvalue weighted by atomic mass is 32.1. The molecule has 2 aromatic rings. The van der Waals surface area contributed by atoms with Crippen LogP contribution < -0.4 is 10.6 Å². The molecule has 0 aliphatic carbocycles. The lowest BCUT2D eigenvalue weighted by atomic mass is 10.2. The van der Waals surface area contributed by atoms with Crippen molar-refractivity contribution in [3.05, 3.63) is 51.7 Å². The standard InChI is InChI=1S/C15H16N2O2S/c1-3-16-14(18)11-5-4-6-12(9-11)17-15(19)13-10(2)7-8-20-13/h4-9H,3H2,1-2H3,(H,16,18)(H,17,19). The number of hydrogen-bond donors (Lipinski definition) is 2. The Morgan fingerprint density at radius 1 is 1.20 bits per heavy atom. The van der Waals surface area contributed by atoms with E-state index >= 15 is 0 Å². The van der Waals surface area contributed by atoms with Crippen molar-refractivity contribution in [1.29, 1.82) is 0 Å². The first kappa shape index (κ1) is 14.3. The summed E-state index contributed by atoms with van der Waals surface area (Å²) >= 11 is 1.40. The number of carbonyl (C=O) groups excluding carboxylic acids is 2. The van der Waals surface area contributed by atoms with Gasteiger partial charge in [0.2, 0.25) is 0 Å². The van der Waals surface area contributed by atoms with Crippen LogP contribution >= 0.6 is 11.3 Å². The molecule has 0 saturated carbocycles. The van der Waals surface area contributed by atoms with Crippen molar-refractivity contribution in [3.8, 4) is 0 Å². The normalized spacial score (nSPS) is 10.1. The van der Waals surface area contributed by atoms with E-state index in [0.717, 1.165) is 5.56 Å². The maximum Gasteiger partial charge on any atom is 0.265 e. The number of anilines is 1. The second kappa shape index (κ2) is 6.34. The molecule has 2 rings (SSSR count). The van der Waals surface area contributed by atoms with E-state index in [-0.39, 0.29) is 11.8 Å². The average molecular weight is 288 g/mol. The van der Waals surface area contributed by atoms with E-state index in [1.165, 1.54) is 11.3 Å². The van der Waals surface area contributed by atoms with Gasteiger partial charge in [0.05, 0.1) is 4.88 Å². The van der Waals surface area contributed by atoms with E-state index in [0.29, 0.717) is 22.7 Å². The van der Waals surface area contributed by atoms with Crippen LogP contribution in [0, 0.1) is 6.92 Å². The first-order chi connectivity index (χ1) is 9.61. The summed E-state index contributed by atoms with van der Waals surface area (Å²) < 4.78 is 0. The molecule has 1 aromatic heterocycles. The smallest absolute Gasteiger partial charge is 0.265 e. The minimum atomic E-state index is -0.148. The number of thiophene rings is 1. The van der Waals surface area contributed by atoms with E-state index in [1.807, 2.05) is 25.3 Å². The Morgan fingerprint density at radius 3 is 2.65 bits per heavy atom. The molecule has 2 N–H and O–H groups in total. The summed E-state index contributed by atoms with van der Waals surface area (Å²) in [6.45, 7) is 4.34. The average Bonchev–Trinajstić information content (AvgIpc) is 2.85. The molecule has 0 aliphatic rings. The minimum absolute atomic E-state index is 0.143. The first-order valence-electron chi connectivity index (χ1n) is 6.35. The van der Waals surface area contributed by atoms with Crippen LogP contribution in [0.5, 0.6) is 0 Å². The van der Waals surface area contributed by atoms with Crippen molar-refractivity contribution >= 4 is 28.8 Å². The summed E-state index contributed by atoms with van der Waals surface area (Å²) in [5.74, 6) is -0.290. The molecule has 0 radical (unpaired) electrons. The van der Waals surface area contributed by atoms with Crippen LogP contribution in [-0.2, 0) is 0 Å². The molecule has 5 heteroatoms. The number of rotatable bonds is 4. The molecular formula is C15H16N2O2S.